The number of alkyl halides is 3. The number of aliphatic hydroxyl groups is 1. The molecule has 0 aromatic heterocycles. The number of rotatable bonds is 5. The van der Waals surface area contributed by atoms with Gasteiger partial charge in [-0.3, -0.25) is 0 Å². The van der Waals surface area contributed by atoms with E-state index in [4.69, 9.17) is 5.11 Å². The Morgan fingerprint density at radius 2 is 2.07 bits per heavy atom. The smallest absolute Gasteiger partial charge is 0.390 e. The van der Waals surface area contributed by atoms with E-state index in [2.05, 4.69) is 0 Å². The largest absolute Gasteiger partial charge is 0.396 e. The summed E-state index contributed by atoms with van der Waals surface area (Å²) in [7, 11) is 0. The molecular formula is C10H18F3NO. The molecule has 0 aromatic rings. The number of hydrogen-bond acceptors (Lipinski definition) is 2. The van der Waals surface area contributed by atoms with Gasteiger partial charge in [0.2, 0.25) is 0 Å². The number of nitrogens with zero attached hydrogens (tertiary/aromatic N) is 1. The molecule has 1 fully saturated rings. The van der Waals surface area contributed by atoms with Crippen molar-refractivity contribution in [2.75, 3.05) is 19.7 Å². The number of aliphatic hydroxyl groups excluding tert-OH is 1. The maximum Gasteiger partial charge on any atom is 0.390 e. The lowest BCUT2D eigenvalue weighted by Crippen LogP contribution is -2.32. The van der Waals surface area contributed by atoms with Crippen molar-refractivity contribution in [3.63, 3.8) is 0 Å². The molecule has 1 N–H and O–H groups in total. The zero-order valence-electron chi connectivity index (χ0n) is 8.76. The third-order valence-corrected chi connectivity index (χ3v) is 2.88. The van der Waals surface area contributed by atoms with Gasteiger partial charge in [-0.25, -0.2) is 0 Å². The van der Waals surface area contributed by atoms with Crippen LogP contribution in [0.1, 0.15) is 32.1 Å². The molecule has 5 heteroatoms. The van der Waals surface area contributed by atoms with E-state index in [1.165, 1.54) is 0 Å². The van der Waals surface area contributed by atoms with Crippen molar-refractivity contribution in [3.8, 4) is 0 Å². The molecule has 1 heterocycles. The Balaban J connectivity index is 2.27. The van der Waals surface area contributed by atoms with Crippen LogP contribution in [-0.4, -0.2) is 41.9 Å². The van der Waals surface area contributed by atoms with Crippen molar-refractivity contribution >= 4 is 0 Å². The summed E-state index contributed by atoms with van der Waals surface area (Å²) >= 11 is 0. The molecule has 1 aliphatic heterocycles. The van der Waals surface area contributed by atoms with Crippen molar-refractivity contribution in [1.82, 2.24) is 4.90 Å². The van der Waals surface area contributed by atoms with Gasteiger partial charge in [-0.1, -0.05) is 0 Å². The topological polar surface area (TPSA) is 23.5 Å². The quantitative estimate of drug-likeness (QED) is 0.775. The number of hydrogen-bond donors (Lipinski definition) is 1. The average molecular weight is 225 g/mol. The van der Waals surface area contributed by atoms with E-state index in [1.807, 2.05) is 4.90 Å². The predicted octanol–water partition coefficient (Wildman–Crippen LogP) is 2.18. The lowest BCUT2D eigenvalue weighted by Gasteiger charge is -2.24. The third kappa shape index (κ3) is 4.84. The summed E-state index contributed by atoms with van der Waals surface area (Å²) < 4.78 is 36.1. The van der Waals surface area contributed by atoms with Gasteiger partial charge in [-0.15, -0.1) is 0 Å². The van der Waals surface area contributed by atoms with Crippen LogP contribution in [0.3, 0.4) is 0 Å². The molecule has 1 saturated heterocycles. The Bertz CT molecular complexity index is 184. The fraction of sp³-hybridized carbons (Fsp3) is 1.00. The molecule has 1 aliphatic rings. The lowest BCUT2D eigenvalue weighted by atomic mass is 10.1. The second-order valence-electron chi connectivity index (χ2n) is 4.06. The highest BCUT2D eigenvalue weighted by molar-refractivity contribution is 4.79. The SMILES string of the molecule is OCCCC1CCCN1CCC(F)(F)F. The van der Waals surface area contributed by atoms with Gasteiger partial charge >= 0.3 is 6.18 Å². The van der Waals surface area contributed by atoms with Gasteiger partial charge in [0.25, 0.3) is 0 Å². The summed E-state index contributed by atoms with van der Waals surface area (Å²) in [5.74, 6) is 0. The van der Waals surface area contributed by atoms with Crippen LogP contribution < -0.4 is 0 Å². The molecule has 15 heavy (non-hydrogen) atoms. The Hall–Kier alpha value is -0.290. The van der Waals surface area contributed by atoms with Crippen LogP contribution in [-0.2, 0) is 0 Å². The van der Waals surface area contributed by atoms with E-state index in [9.17, 15) is 13.2 Å². The molecule has 2 nitrogen and oxygen atoms in total. The maximum absolute atomic E-state index is 12.0. The van der Waals surface area contributed by atoms with Crippen LogP contribution in [0.2, 0.25) is 0 Å². The van der Waals surface area contributed by atoms with Gasteiger partial charge in [0, 0.05) is 19.2 Å². The Morgan fingerprint density at radius 3 is 2.67 bits per heavy atom. The summed E-state index contributed by atoms with van der Waals surface area (Å²) in [6.07, 6.45) is -1.32. The van der Waals surface area contributed by atoms with Crippen LogP contribution >= 0.6 is 0 Å². The predicted molar refractivity (Wildman–Crippen MR) is 51.6 cm³/mol. The minimum atomic E-state index is -4.05. The van der Waals surface area contributed by atoms with E-state index < -0.39 is 12.6 Å². The van der Waals surface area contributed by atoms with Crippen molar-refractivity contribution in [3.05, 3.63) is 0 Å². The molecule has 0 aliphatic carbocycles. The van der Waals surface area contributed by atoms with Gasteiger partial charge in [0.05, 0.1) is 6.42 Å². The number of halogens is 3. The summed E-state index contributed by atoms with van der Waals surface area (Å²) in [5.41, 5.74) is 0. The van der Waals surface area contributed by atoms with Crippen molar-refractivity contribution in [2.24, 2.45) is 0 Å². The van der Waals surface area contributed by atoms with Crippen LogP contribution in [0.5, 0.6) is 0 Å². The van der Waals surface area contributed by atoms with E-state index in [0.717, 1.165) is 25.8 Å². The third-order valence-electron chi connectivity index (χ3n) is 2.88. The summed E-state index contributed by atoms with van der Waals surface area (Å²) in [6, 6.07) is 0.250. The normalized spacial score (nSPS) is 23.6. The first-order valence-corrected chi connectivity index (χ1v) is 5.44. The monoisotopic (exact) mass is 225 g/mol. The van der Waals surface area contributed by atoms with Gasteiger partial charge in [-0.05, 0) is 32.2 Å². The summed E-state index contributed by atoms with van der Waals surface area (Å²) in [6.45, 7) is 1.01. The second-order valence-corrected chi connectivity index (χ2v) is 4.06. The Labute approximate surface area is 88.1 Å². The molecule has 0 amide bonds. The van der Waals surface area contributed by atoms with Gasteiger partial charge in [0.1, 0.15) is 0 Å². The van der Waals surface area contributed by atoms with Gasteiger partial charge in [0.15, 0.2) is 0 Å². The van der Waals surface area contributed by atoms with E-state index in [0.29, 0.717) is 6.42 Å². The van der Waals surface area contributed by atoms with Crippen LogP contribution in [0, 0.1) is 0 Å². The fourth-order valence-electron chi connectivity index (χ4n) is 2.11. The van der Waals surface area contributed by atoms with E-state index >= 15 is 0 Å². The molecule has 1 atom stereocenters. The first-order chi connectivity index (χ1) is 7.03. The highest BCUT2D eigenvalue weighted by atomic mass is 19.4. The molecule has 0 spiro atoms. The number of likely N-dealkylation sites (tertiary alicyclic amines) is 1. The minimum Gasteiger partial charge on any atom is -0.396 e. The van der Waals surface area contributed by atoms with Crippen LogP contribution in [0.15, 0.2) is 0 Å². The highest BCUT2D eigenvalue weighted by Crippen LogP contribution is 2.25. The molecule has 0 bridgehead atoms. The highest BCUT2D eigenvalue weighted by Gasteiger charge is 2.31. The average Bonchev–Trinajstić information content (AvgIpc) is 2.57. The standard InChI is InChI=1S/C10H18F3NO/c11-10(12,13)5-7-14-6-1-3-9(14)4-2-8-15/h9,15H,1-8H2. The van der Waals surface area contributed by atoms with Crippen molar-refractivity contribution in [2.45, 2.75) is 44.3 Å². The summed E-state index contributed by atoms with van der Waals surface area (Å²) in [5, 5.41) is 8.67. The van der Waals surface area contributed by atoms with Crippen LogP contribution in [0.4, 0.5) is 13.2 Å². The van der Waals surface area contributed by atoms with Gasteiger partial charge in [-0.2, -0.15) is 13.2 Å². The van der Waals surface area contributed by atoms with Crippen LogP contribution in [0.25, 0.3) is 0 Å². The Kier molecular flexibility index (Phi) is 4.86. The minimum absolute atomic E-state index is 0.111. The molecule has 0 saturated carbocycles. The second kappa shape index (κ2) is 5.70. The Morgan fingerprint density at radius 1 is 1.33 bits per heavy atom. The zero-order chi connectivity index (χ0) is 11.3. The molecule has 0 radical (unpaired) electrons. The van der Waals surface area contributed by atoms with E-state index in [-0.39, 0.29) is 19.2 Å². The van der Waals surface area contributed by atoms with Gasteiger partial charge < -0.3 is 10.0 Å². The molecule has 0 aromatic carbocycles. The first-order valence-electron chi connectivity index (χ1n) is 5.44. The molecule has 90 valence electrons. The molecule has 1 rings (SSSR count). The zero-order valence-corrected chi connectivity index (χ0v) is 8.76. The van der Waals surface area contributed by atoms with E-state index in [1.54, 1.807) is 0 Å². The molecule has 1 unspecified atom stereocenters. The first kappa shape index (κ1) is 12.8. The summed E-state index contributed by atoms with van der Waals surface area (Å²) in [4.78, 5) is 1.91. The van der Waals surface area contributed by atoms with Crippen molar-refractivity contribution in [1.29, 1.82) is 0 Å². The fourth-order valence-corrected chi connectivity index (χ4v) is 2.11. The lowest BCUT2D eigenvalue weighted by molar-refractivity contribution is -0.138. The van der Waals surface area contributed by atoms with Crippen molar-refractivity contribution < 1.29 is 18.3 Å². The molecular weight excluding hydrogens is 207 g/mol. The maximum atomic E-state index is 12.0.